The smallest absolute Gasteiger partial charge is 0.355 e. The fourth-order valence-electron chi connectivity index (χ4n) is 1.75. The molecule has 0 atom stereocenters. The summed E-state index contributed by atoms with van der Waals surface area (Å²) in [6, 6.07) is 6.43. The van der Waals surface area contributed by atoms with Crippen molar-refractivity contribution in [1.82, 2.24) is 9.13 Å². The molecule has 0 aliphatic rings. The Bertz CT molecular complexity index is 643. The Labute approximate surface area is 110 Å². The van der Waals surface area contributed by atoms with E-state index in [1.165, 1.54) is 10.6 Å². The number of carbonyl (C=O) groups excluding carboxylic acids is 1. The number of nitrogens with two attached hydrogens (primary N) is 1. The number of hydrogen-bond acceptors (Lipinski definition) is 4. The molecule has 0 amide bonds. The van der Waals surface area contributed by atoms with Crippen molar-refractivity contribution in [1.29, 1.82) is 0 Å². The summed E-state index contributed by atoms with van der Waals surface area (Å²) in [6.45, 7) is 0.457. The first-order valence-electron chi connectivity index (χ1n) is 5.82. The first kappa shape index (κ1) is 12.9. The van der Waals surface area contributed by atoms with Crippen molar-refractivity contribution in [3.05, 3.63) is 52.7 Å². The van der Waals surface area contributed by atoms with Crippen LogP contribution in [0.2, 0.25) is 0 Å². The van der Waals surface area contributed by atoms with Crippen LogP contribution in [0.1, 0.15) is 10.5 Å². The third-order valence-electron chi connectivity index (χ3n) is 2.70. The van der Waals surface area contributed by atoms with E-state index in [0.29, 0.717) is 17.9 Å². The molecule has 2 N–H and O–H groups in total. The van der Waals surface area contributed by atoms with Gasteiger partial charge in [-0.1, -0.05) is 6.07 Å². The average molecular weight is 261 g/mol. The second kappa shape index (κ2) is 5.43. The summed E-state index contributed by atoms with van der Waals surface area (Å²) >= 11 is 0. The zero-order valence-electron chi connectivity index (χ0n) is 10.6. The number of carbonyl (C=O) groups is 1. The molecule has 100 valence electrons. The third-order valence-corrected chi connectivity index (χ3v) is 2.70. The largest absolute Gasteiger partial charge is 0.459 e. The van der Waals surface area contributed by atoms with Gasteiger partial charge in [0, 0.05) is 25.5 Å². The van der Waals surface area contributed by atoms with Gasteiger partial charge in [-0.3, -0.25) is 4.79 Å². The van der Waals surface area contributed by atoms with E-state index in [9.17, 15) is 9.59 Å². The molecule has 0 saturated carbocycles. The van der Waals surface area contributed by atoms with Crippen LogP contribution in [0, 0.1) is 0 Å². The monoisotopic (exact) mass is 261 g/mol. The van der Waals surface area contributed by atoms with Crippen molar-refractivity contribution in [3.8, 4) is 0 Å². The van der Waals surface area contributed by atoms with Crippen molar-refractivity contribution < 1.29 is 9.53 Å². The fraction of sp³-hybridized carbons (Fsp3) is 0.231. The molecule has 6 heteroatoms. The molecular formula is C13H15N3O3. The summed E-state index contributed by atoms with van der Waals surface area (Å²) in [6.07, 6.45) is 3.29. The van der Waals surface area contributed by atoms with Crippen molar-refractivity contribution in [2.75, 3.05) is 12.3 Å². The molecule has 19 heavy (non-hydrogen) atoms. The van der Waals surface area contributed by atoms with E-state index in [4.69, 9.17) is 10.5 Å². The summed E-state index contributed by atoms with van der Waals surface area (Å²) in [4.78, 5) is 23.2. The predicted octanol–water partition coefficient (Wildman–Crippen LogP) is 0.626. The van der Waals surface area contributed by atoms with Crippen molar-refractivity contribution in [2.24, 2.45) is 7.05 Å². The quantitative estimate of drug-likeness (QED) is 0.818. The summed E-state index contributed by atoms with van der Waals surface area (Å²) in [5.74, 6) is -0.455. The Balaban J connectivity index is 1.93. The maximum Gasteiger partial charge on any atom is 0.355 e. The second-order valence-electron chi connectivity index (χ2n) is 4.14. The highest BCUT2D eigenvalue weighted by atomic mass is 16.5. The Kier molecular flexibility index (Phi) is 3.70. The third kappa shape index (κ3) is 3.04. The fourth-order valence-corrected chi connectivity index (χ4v) is 1.75. The van der Waals surface area contributed by atoms with Gasteiger partial charge < -0.3 is 19.6 Å². The van der Waals surface area contributed by atoms with Crippen LogP contribution in [-0.2, 0) is 18.3 Å². The highest BCUT2D eigenvalue weighted by molar-refractivity contribution is 5.89. The molecular weight excluding hydrogens is 246 g/mol. The summed E-state index contributed by atoms with van der Waals surface area (Å²) in [5.41, 5.74) is 6.35. The van der Waals surface area contributed by atoms with Crippen LogP contribution in [0.15, 0.2) is 41.5 Å². The number of aryl methyl sites for hydroxylation is 1. The Morgan fingerprint density at radius 1 is 1.42 bits per heavy atom. The second-order valence-corrected chi connectivity index (χ2v) is 4.14. The number of nitrogens with zero attached hydrogens (tertiary/aromatic N) is 2. The van der Waals surface area contributed by atoms with Crippen molar-refractivity contribution in [2.45, 2.75) is 6.54 Å². The van der Waals surface area contributed by atoms with Gasteiger partial charge in [0.1, 0.15) is 12.3 Å². The number of ether oxygens (including phenoxy) is 1. The number of pyridine rings is 1. The van der Waals surface area contributed by atoms with E-state index in [-0.39, 0.29) is 12.2 Å². The Morgan fingerprint density at radius 2 is 2.21 bits per heavy atom. The number of hydrogen-bond donors (Lipinski definition) is 1. The highest BCUT2D eigenvalue weighted by Gasteiger charge is 2.12. The molecule has 2 aromatic heterocycles. The van der Waals surface area contributed by atoms with E-state index in [1.54, 1.807) is 42.2 Å². The van der Waals surface area contributed by atoms with Gasteiger partial charge in [0.15, 0.2) is 0 Å². The Morgan fingerprint density at radius 3 is 2.84 bits per heavy atom. The van der Waals surface area contributed by atoms with Gasteiger partial charge in [-0.2, -0.15) is 0 Å². The molecule has 0 spiro atoms. The van der Waals surface area contributed by atoms with Gasteiger partial charge in [0.25, 0.3) is 5.56 Å². The lowest BCUT2D eigenvalue weighted by Crippen LogP contribution is -2.22. The number of nitrogen functional groups attached to an aromatic ring is 1. The lowest BCUT2D eigenvalue weighted by Gasteiger charge is -2.07. The number of esters is 1. The molecule has 0 fully saturated rings. The van der Waals surface area contributed by atoms with Gasteiger partial charge in [0.2, 0.25) is 0 Å². The van der Waals surface area contributed by atoms with E-state index in [2.05, 4.69) is 0 Å². The number of rotatable bonds is 4. The highest BCUT2D eigenvalue weighted by Crippen LogP contribution is 2.09. The maximum atomic E-state index is 11.8. The molecule has 0 saturated heterocycles. The molecule has 0 aliphatic carbocycles. The zero-order valence-corrected chi connectivity index (χ0v) is 10.6. The minimum atomic E-state index is -0.455. The van der Waals surface area contributed by atoms with Crippen LogP contribution in [0.5, 0.6) is 0 Å². The lowest BCUT2D eigenvalue weighted by atomic mass is 10.4. The normalized spacial score (nSPS) is 10.4. The predicted molar refractivity (Wildman–Crippen MR) is 70.8 cm³/mol. The maximum absolute atomic E-state index is 11.8. The minimum absolute atomic E-state index is 0.123. The van der Waals surface area contributed by atoms with Gasteiger partial charge in [0.05, 0.1) is 12.2 Å². The van der Waals surface area contributed by atoms with E-state index < -0.39 is 5.97 Å². The molecule has 0 unspecified atom stereocenters. The molecule has 2 aromatic rings. The summed E-state index contributed by atoms with van der Waals surface area (Å²) in [7, 11) is 1.72. The van der Waals surface area contributed by atoms with E-state index in [1.807, 2.05) is 0 Å². The summed E-state index contributed by atoms with van der Waals surface area (Å²) in [5, 5.41) is 0. The van der Waals surface area contributed by atoms with E-state index >= 15 is 0 Å². The summed E-state index contributed by atoms with van der Waals surface area (Å²) < 4.78 is 8.19. The Hall–Kier alpha value is -2.50. The average Bonchev–Trinajstić information content (AvgIpc) is 2.71. The zero-order chi connectivity index (χ0) is 13.8. The van der Waals surface area contributed by atoms with Gasteiger partial charge in [-0.05, 0) is 12.1 Å². The van der Waals surface area contributed by atoms with Gasteiger partial charge >= 0.3 is 5.97 Å². The minimum Gasteiger partial charge on any atom is -0.459 e. The molecule has 0 aromatic carbocycles. The van der Waals surface area contributed by atoms with Crippen LogP contribution in [0.4, 0.5) is 5.69 Å². The van der Waals surface area contributed by atoms with Crippen molar-refractivity contribution >= 4 is 11.7 Å². The first-order valence-corrected chi connectivity index (χ1v) is 5.82. The molecule has 0 aliphatic heterocycles. The van der Waals surface area contributed by atoms with Gasteiger partial charge in [-0.15, -0.1) is 0 Å². The number of anilines is 1. The standard InChI is InChI=1S/C13H15N3O3/c1-15-9-10(14)8-11(15)13(18)19-7-6-16-5-3-2-4-12(16)17/h2-5,8-9H,6-7,14H2,1H3. The van der Waals surface area contributed by atoms with Crippen LogP contribution >= 0.6 is 0 Å². The van der Waals surface area contributed by atoms with E-state index in [0.717, 1.165) is 0 Å². The van der Waals surface area contributed by atoms with Crippen LogP contribution in [-0.4, -0.2) is 21.7 Å². The topological polar surface area (TPSA) is 79.2 Å². The molecule has 0 radical (unpaired) electrons. The van der Waals surface area contributed by atoms with Crippen molar-refractivity contribution in [3.63, 3.8) is 0 Å². The molecule has 0 bridgehead atoms. The molecule has 2 heterocycles. The molecule has 6 nitrogen and oxygen atoms in total. The SMILES string of the molecule is Cn1cc(N)cc1C(=O)OCCn1ccccc1=O. The number of aromatic nitrogens is 2. The lowest BCUT2D eigenvalue weighted by molar-refractivity contribution is 0.0479. The molecule has 2 rings (SSSR count). The van der Waals surface area contributed by atoms with Gasteiger partial charge in [-0.25, -0.2) is 4.79 Å². The van der Waals surface area contributed by atoms with Crippen LogP contribution < -0.4 is 11.3 Å². The van der Waals surface area contributed by atoms with Crippen LogP contribution in [0.3, 0.4) is 0 Å². The van der Waals surface area contributed by atoms with Crippen LogP contribution in [0.25, 0.3) is 0 Å². The first-order chi connectivity index (χ1) is 9.08.